The Labute approximate surface area is 343 Å². The first-order valence-corrected chi connectivity index (χ1v) is 20.7. The largest absolute Gasteiger partial charge is 0.0731 e. The summed E-state index contributed by atoms with van der Waals surface area (Å²) in [7, 11) is 0. The molecule has 0 N–H and O–H groups in total. The van der Waals surface area contributed by atoms with E-state index in [2.05, 4.69) is 218 Å². The summed E-state index contributed by atoms with van der Waals surface area (Å²) < 4.78 is 0. The van der Waals surface area contributed by atoms with Gasteiger partial charge in [-0.05, 0) is 127 Å². The molecule has 0 fully saturated rings. The van der Waals surface area contributed by atoms with Crippen LogP contribution in [-0.4, -0.2) is 0 Å². The summed E-state index contributed by atoms with van der Waals surface area (Å²) in [5, 5.41) is 10.3. The van der Waals surface area contributed by atoms with Crippen LogP contribution in [0.15, 0.2) is 218 Å². The van der Waals surface area contributed by atoms with Crippen molar-refractivity contribution in [2.75, 3.05) is 0 Å². The predicted molar refractivity (Wildman–Crippen MR) is 249 cm³/mol. The van der Waals surface area contributed by atoms with Crippen molar-refractivity contribution in [1.29, 1.82) is 0 Å². The van der Waals surface area contributed by atoms with E-state index in [0.29, 0.717) is 0 Å². The van der Waals surface area contributed by atoms with Crippen LogP contribution in [0.1, 0.15) is 22.3 Å². The quantitative estimate of drug-likeness (QED) is 0.158. The number of hydrogen-bond acceptors (Lipinski definition) is 0. The maximum atomic E-state index is 2.56. The van der Waals surface area contributed by atoms with Gasteiger partial charge in [0.15, 0.2) is 0 Å². The smallest absolute Gasteiger partial charge is 0.0622 e. The Morgan fingerprint density at radius 1 is 0.237 bits per heavy atom. The Balaban J connectivity index is 1.08. The second-order valence-electron chi connectivity index (χ2n) is 16.2. The zero-order valence-corrected chi connectivity index (χ0v) is 32.3. The molecular formula is C59H36. The summed E-state index contributed by atoms with van der Waals surface area (Å²) in [4.78, 5) is 0. The minimum Gasteiger partial charge on any atom is -0.0622 e. The predicted octanol–water partition coefficient (Wildman–Crippen LogP) is 15.6. The number of benzene rings is 11. The number of rotatable bonds is 3. The molecule has 0 saturated carbocycles. The van der Waals surface area contributed by atoms with Crippen LogP contribution in [0.4, 0.5) is 0 Å². The van der Waals surface area contributed by atoms with Crippen molar-refractivity contribution in [3.05, 3.63) is 241 Å². The summed E-state index contributed by atoms with van der Waals surface area (Å²) in [6, 6.07) is 81.8. The van der Waals surface area contributed by atoms with E-state index in [1.807, 2.05) is 0 Å². The molecule has 59 heavy (non-hydrogen) atoms. The number of fused-ring (bicyclic) bond motifs is 16. The van der Waals surface area contributed by atoms with Crippen LogP contribution >= 0.6 is 0 Å². The summed E-state index contributed by atoms with van der Waals surface area (Å²) in [6.07, 6.45) is 0. The maximum absolute atomic E-state index is 2.56. The lowest BCUT2D eigenvalue weighted by Crippen LogP contribution is -2.26. The van der Waals surface area contributed by atoms with E-state index in [4.69, 9.17) is 0 Å². The molecule has 0 unspecified atom stereocenters. The fraction of sp³-hybridized carbons (Fsp3) is 0.0169. The highest BCUT2D eigenvalue weighted by molar-refractivity contribution is 6.21. The van der Waals surface area contributed by atoms with Crippen molar-refractivity contribution in [3.8, 4) is 55.6 Å². The van der Waals surface area contributed by atoms with E-state index in [0.717, 1.165) is 0 Å². The van der Waals surface area contributed by atoms with E-state index in [1.54, 1.807) is 0 Å². The van der Waals surface area contributed by atoms with Gasteiger partial charge < -0.3 is 0 Å². The lowest BCUT2D eigenvalue weighted by Gasteiger charge is -2.32. The molecule has 0 aliphatic heterocycles. The summed E-state index contributed by atoms with van der Waals surface area (Å²) in [5.41, 5.74) is 17.9. The van der Waals surface area contributed by atoms with Crippen LogP contribution in [0, 0.1) is 0 Å². The van der Waals surface area contributed by atoms with Crippen molar-refractivity contribution in [2.24, 2.45) is 0 Å². The number of hydrogen-bond donors (Lipinski definition) is 0. The normalized spacial score (nSPS) is 13.2. The first kappa shape index (κ1) is 32.5. The highest BCUT2D eigenvalue weighted by atomic mass is 14.5. The molecule has 11 aromatic carbocycles. The van der Waals surface area contributed by atoms with Gasteiger partial charge in [0.05, 0.1) is 5.41 Å². The summed E-state index contributed by atoms with van der Waals surface area (Å²) in [6.45, 7) is 0. The van der Waals surface area contributed by atoms with Crippen LogP contribution in [0.2, 0.25) is 0 Å². The van der Waals surface area contributed by atoms with Crippen molar-refractivity contribution >= 4 is 43.1 Å². The van der Waals surface area contributed by atoms with E-state index in [-0.39, 0.29) is 0 Å². The molecule has 11 aromatic rings. The highest BCUT2D eigenvalue weighted by Gasteiger charge is 2.53. The third kappa shape index (κ3) is 4.33. The summed E-state index contributed by atoms with van der Waals surface area (Å²) in [5.74, 6) is 0. The van der Waals surface area contributed by atoms with Crippen LogP contribution in [-0.2, 0) is 5.41 Å². The first-order chi connectivity index (χ1) is 29.3. The second kappa shape index (κ2) is 12.2. The van der Waals surface area contributed by atoms with Gasteiger partial charge >= 0.3 is 0 Å². The average Bonchev–Trinajstić information content (AvgIpc) is 3.78. The standard InChI is InChI=1S/C59H36/c1-2-17-39(18-3-1)55-46-24-8-10-26-48(46)56(49-27-11-9-25-47(49)55)40-32-30-38(31-33-40)51-36-54-57(45-23-7-6-20-42(45)51)50-35-34-37-16-4-5-19-41(37)58(50)59(54)52-28-14-12-21-43(52)44-22-13-15-29-53(44)59/h1-36H. The van der Waals surface area contributed by atoms with Gasteiger partial charge in [-0.2, -0.15) is 0 Å². The zero-order chi connectivity index (χ0) is 38.7. The van der Waals surface area contributed by atoms with Gasteiger partial charge in [0.25, 0.3) is 0 Å². The van der Waals surface area contributed by atoms with Crippen LogP contribution in [0.3, 0.4) is 0 Å². The summed E-state index contributed by atoms with van der Waals surface area (Å²) >= 11 is 0. The average molecular weight is 745 g/mol. The van der Waals surface area contributed by atoms with Crippen molar-refractivity contribution in [3.63, 3.8) is 0 Å². The molecule has 2 aliphatic rings. The highest BCUT2D eigenvalue weighted by Crippen LogP contribution is 2.65. The molecule has 0 amide bonds. The van der Waals surface area contributed by atoms with E-state index in [1.165, 1.54) is 121 Å². The molecule has 0 nitrogen and oxygen atoms in total. The molecular weight excluding hydrogens is 709 g/mol. The van der Waals surface area contributed by atoms with Crippen LogP contribution in [0.25, 0.3) is 98.7 Å². The maximum Gasteiger partial charge on any atom is 0.0731 e. The van der Waals surface area contributed by atoms with Gasteiger partial charge in [-0.25, -0.2) is 0 Å². The van der Waals surface area contributed by atoms with Gasteiger partial charge in [0.1, 0.15) is 0 Å². The third-order valence-corrected chi connectivity index (χ3v) is 13.5. The monoisotopic (exact) mass is 744 g/mol. The van der Waals surface area contributed by atoms with Gasteiger partial charge in [0.2, 0.25) is 0 Å². The molecule has 2 aliphatic carbocycles. The molecule has 272 valence electrons. The van der Waals surface area contributed by atoms with Crippen LogP contribution < -0.4 is 0 Å². The Hall–Kier alpha value is -7.54. The molecule has 0 bridgehead atoms. The molecule has 0 radical (unpaired) electrons. The molecule has 0 heteroatoms. The minimum atomic E-state index is -0.463. The molecule has 0 atom stereocenters. The van der Waals surface area contributed by atoms with Gasteiger partial charge in [-0.3, -0.25) is 0 Å². The van der Waals surface area contributed by atoms with E-state index < -0.39 is 5.41 Å². The molecule has 0 saturated heterocycles. The van der Waals surface area contributed by atoms with Crippen molar-refractivity contribution < 1.29 is 0 Å². The lowest BCUT2D eigenvalue weighted by atomic mass is 9.69. The Morgan fingerprint density at radius 3 is 1.27 bits per heavy atom. The van der Waals surface area contributed by atoms with E-state index in [9.17, 15) is 0 Å². The van der Waals surface area contributed by atoms with Gasteiger partial charge in [-0.15, -0.1) is 0 Å². The lowest BCUT2D eigenvalue weighted by molar-refractivity contribution is 0.802. The zero-order valence-electron chi connectivity index (χ0n) is 32.3. The Bertz CT molecular complexity index is 3430. The van der Waals surface area contributed by atoms with Crippen molar-refractivity contribution in [1.82, 2.24) is 0 Å². The molecule has 0 aromatic heterocycles. The van der Waals surface area contributed by atoms with Crippen molar-refractivity contribution in [2.45, 2.75) is 5.41 Å². The fourth-order valence-corrected chi connectivity index (χ4v) is 11.2. The fourth-order valence-electron chi connectivity index (χ4n) is 11.2. The topological polar surface area (TPSA) is 0 Å². The van der Waals surface area contributed by atoms with Gasteiger partial charge in [0, 0.05) is 0 Å². The minimum absolute atomic E-state index is 0.463. The Morgan fingerprint density at radius 2 is 0.678 bits per heavy atom. The van der Waals surface area contributed by atoms with E-state index >= 15 is 0 Å². The Kier molecular flexibility index (Phi) is 6.74. The first-order valence-electron chi connectivity index (χ1n) is 20.7. The third-order valence-electron chi connectivity index (χ3n) is 13.5. The van der Waals surface area contributed by atoms with Gasteiger partial charge in [-0.1, -0.05) is 212 Å². The second-order valence-corrected chi connectivity index (χ2v) is 16.2. The SMILES string of the molecule is c1ccc(-c2c3ccccc3c(-c3ccc(-c4cc5c(c6ccccc46)-c4ccc6ccccc6c4C54c5ccccc5-c5ccccc54)cc3)c3ccccc23)cc1. The molecule has 13 rings (SSSR count). The van der Waals surface area contributed by atoms with Crippen LogP contribution in [0.5, 0.6) is 0 Å². The molecule has 0 heterocycles. The molecule has 1 spiro atoms.